The van der Waals surface area contributed by atoms with Crippen molar-refractivity contribution in [3.63, 3.8) is 0 Å². The average Bonchev–Trinajstić information content (AvgIpc) is 2.66. The molecule has 0 saturated carbocycles. The molecule has 0 radical (unpaired) electrons. The van der Waals surface area contributed by atoms with Crippen molar-refractivity contribution >= 4 is 18.2 Å². The summed E-state index contributed by atoms with van der Waals surface area (Å²) in [6.07, 6.45) is 2.62. The fraction of sp³-hybridized carbons (Fsp3) is 0.300. The molecule has 0 unspecified atom stereocenters. The Morgan fingerprint density at radius 1 is 1.15 bits per heavy atom. The first-order valence-electron chi connectivity index (χ1n) is 8.50. The van der Waals surface area contributed by atoms with E-state index in [0.717, 1.165) is 16.8 Å². The number of pyridine rings is 1. The minimum atomic E-state index is -0.784. The number of amides is 2. The molecule has 0 bridgehead atoms. The summed E-state index contributed by atoms with van der Waals surface area (Å²) in [5, 5.41) is 6.51. The van der Waals surface area contributed by atoms with Crippen molar-refractivity contribution in [1.82, 2.24) is 15.7 Å². The smallest absolute Gasteiger partial charge is 0.407 e. The van der Waals surface area contributed by atoms with Gasteiger partial charge in [-0.15, -0.1) is 0 Å². The van der Waals surface area contributed by atoms with E-state index < -0.39 is 23.5 Å². The lowest BCUT2D eigenvalue weighted by molar-refractivity contribution is -0.125. The second-order valence-electron chi connectivity index (χ2n) is 7.01. The number of ether oxygens (including phenoxy) is 1. The van der Waals surface area contributed by atoms with Crippen molar-refractivity contribution in [1.29, 1.82) is 0 Å². The van der Waals surface area contributed by atoms with Crippen LogP contribution in [0.1, 0.15) is 26.3 Å². The average molecular weight is 368 g/mol. The minimum absolute atomic E-state index is 0.422. The van der Waals surface area contributed by atoms with Gasteiger partial charge in [-0.25, -0.2) is 10.2 Å². The van der Waals surface area contributed by atoms with Gasteiger partial charge in [-0.05, 0) is 23.1 Å². The molecule has 1 heterocycles. The Labute approximate surface area is 158 Å². The molecule has 0 aliphatic rings. The van der Waals surface area contributed by atoms with Crippen LogP contribution in [0.4, 0.5) is 4.79 Å². The highest BCUT2D eigenvalue weighted by Gasteiger charge is 2.33. The van der Waals surface area contributed by atoms with E-state index >= 15 is 0 Å². The van der Waals surface area contributed by atoms with Crippen LogP contribution in [-0.2, 0) is 9.53 Å². The van der Waals surface area contributed by atoms with Gasteiger partial charge in [0.25, 0.3) is 5.91 Å². The Morgan fingerprint density at radius 3 is 2.41 bits per heavy atom. The molecule has 1 atom stereocenters. The summed E-state index contributed by atoms with van der Waals surface area (Å²) in [4.78, 5) is 28.1. The molecule has 2 rings (SSSR count). The Balaban J connectivity index is 2.00. The number of nitrogens with zero attached hydrogens (tertiary/aromatic N) is 2. The molecule has 0 aliphatic heterocycles. The molecule has 27 heavy (non-hydrogen) atoms. The third-order valence-corrected chi connectivity index (χ3v) is 3.84. The molecule has 1 aromatic heterocycles. The first-order chi connectivity index (χ1) is 12.8. The second kappa shape index (κ2) is 8.93. The molecular formula is C20H24N4O3. The van der Waals surface area contributed by atoms with Crippen molar-refractivity contribution in [2.75, 3.05) is 7.11 Å². The van der Waals surface area contributed by atoms with E-state index in [1.165, 1.54) is 13.3 Å². The predicted molar refractivity (Wildman–Crippen MR) is 104 cm³/mol. The van der Waals surface area contributed by atoms with Gasteiger partial charge >= 0.3 is 6.09 Å². The molecule has 0 aliphatic carbocycles. The van der Waals surface area contributed by atoms with Gasteiger partial charge in [-0.1, -0.05) is 51.1 Å². The van der Waals surface area contributed by atoms with Gasteiger partial charge in [0.15, 0.2) is 0 Å². The van der Waals surface area contributed by atoms with Gasteiger partial charge in [0.1, 0.15) is 6.04 Å². The maximum absolute atomic E-state index is 12.4. The van der Waals surface area contributed by atoms with Crippen molar-refractivity contribution in [3.8, 4) is 11.3 Å². The number of nitrogens with one attached hydrogen (secondary N) is 2. The molecule has 0 spiro atoms. The minimum Gasteiger partial charge on any atom is -0.453 e. The van der Waals surface area contributed by atoms with E-state index in [4.69, 9.17) is 0 Å². The van der Waals surface area contributed by atoms with E-state index in [2.05, 4.69) is 25.6 Å². The van der Waals surface area contributed by atoms with Gasteiger partial charge in [-0.3, -0.25) is 9.78 Å². The first kappa shape index (κ1) is 20.1. The number of rotatable bonds is 5. The summed E-state index contributed by atoms with van der Waals surface area (Å²) in [6, 6.07) is 12.6. The van der Waals surface area contributed by atoms with Crippen molar-refractivity contribution in [2.24, 2.45) is 10.5 Å². The number of hydrogen-bond acceptors (Lipinski definition) is 5. The third-order valence-electron chi connectivity index (χ3n) is 3.84. The highest BCUT2D eigenvalue weighted by Crippen LogP contribution is 2.19. The largest absolute Gasteiger partial charge is 0.453 e. The van der Waals surface area contributed by atoms with Crippen LogP contribution in [0.3, 0.4) is 0 Å². The molecular weight excluding hydrogens is 344 g/mol. The fourth-order valence-electron chi connectivity index (χ4n) is 2.36. The Morgan fingerprint density at radius 2 is 1.85 bits per heavy atom. The molecule has 2 amide bonds. The third kappa shape index (κ3) is 5.91. The van der Waals surface area contributed by atoms with Crippen LogP contribution in [0.25, 0.3) is 11.3 Å². The first-order valence-corrected chi connectivity index (χ1v) is 8.50. The number of methoxy groups -OCH3 is 1. The predicted octanol–water partition coefficient (Wildman–Crippen LogP) is 2.97. The second-order valence-corrected chi connectivity index (χ2v) is 7.01. The zero-order valence-electron chi connectivity index (χ0n) is 15.9. The van der Waals surface area contributed by atoms with Crippen LogP contribution in [-0.4, -0.2) is 36.4 Å². The maximum atomic E-state index is 12.4. The quantitative estimate of drug-likeness (QED) is 0.627. The Hall–Kier alpha value is -3.22. The van der Waals surface area contributed by atoms with Crippen LogP contribution >= 0.6 is 0 Å². The van der Waals surface area contributed by atoms with Crippen LogP contribution < -0.4 is 10.7 Å². The summed E-state index contributed by atoms with van der Waals surface area (Å²) in [5.41, 5.74) is 4.66. The van der Waals surface area contributed by atoms with Crippen LogP contribution in [0.2, 0.25) is 0 Å². The number of benzene rings is 1. The van der Waals surface area contributed by atoms with Crippen molar-refractivity contribution in [3.05, 3.63) is 54.2 Å². The molecule has 142 valence electrons. The van der Waals surface area contributed by atoms with E-state index in [1.807, 2.05) is 63.2 Å². The monoisotopic (exact) mass is 368 g/mol. The number of carbonyl (C=O) groups excluding carboxylic acids is 2. The highest BCUT2D eigenvalue weighted by atomic mass is 16.5. The van der Waals surface area contributed by atoms with Crippen LogP contribution in [0, 0.1) is 5.41 Å². The number of hydrogen-bond donors (Lipinski definition) is 2. The van der Waals surface area contributed by atoms with Gasteiger partial charge in [0.2, 0.25) is 0 Å². The van der Waals surface area contributed by atoms with Crippen molar-refractivity contribution < 1.29 is 14.3 Å². The van der Waals surface area contributed by atoms with Crippen LogP contribution in [0.15, 0.2) is 53.8 Å². The summed E-state index contributed by atoms with van der Waals surface area (Å²) in [5.74, 6) is -0.422. The van der Waals surface area contributed by atoms with Gasteiger partial charge in [0, 0.05) is 11.8 Å². The lowest BCUT2D eigenvalue weighted by atomic mass is 9.86. The number of aromatic nitrogens is 1. The zero-order valence-corrected chi connectivity index (χ0v) is 15.9. The normalized spacial score (nSPS) is 12.4. The van der Waals surface area contributed by atoms with Crippen molar-refractivity contribution in [2.45, 2.75) is 26.8 Å². The fourth-order valence-corrected chi connectivity index (χ4v) is 2.36. The number of carbonyl (C=O) groups is 2. The zero-order chi connectivity index (χ0) is 19.9. The number of hydrazone groups is 1. The molecule has 7 heteroatoms. The van der Waals surface area contributed by atoms with E-state index in [1.54, 1.807) is 6.20 Å². The molecule has 7 nitrogen and oxygen atoms in total. The summed E-state index contributed by atoms with van der Waals surface area (Å²) < 4.78 is 4.57. The van der Waals surface area contributed by atoms with E-state index in [-0.39, 0.29) is 0 Å². The maximum Gasteiger partial charge on any atom is 0.407 e. The summed E-state index contributed by atoms with van der Waals surface area (Å²) in [6.45, 7) is 5.52. The lowest BCUT2D eigenvalue weighted by Gasteiger charge is -2.28. The van der Waals surface area contributed by atoms with Crippen LogP contribution in [0.5, 0.6) is 0 Å². The topological polar surface area (TPSA) is 92.7 Å². The highest BCUT2D eigenvalue weighted by molar-refractivity contribution is 5.88. The number of alkyl carbamates (subject to hydrolysis) is 1. The SMILES string of the molecule is COC(=O)N[C@@H](C(=O)NN=Cc1ccc(-c2ccccn2)cc1)C(C)(C)C. The molecule has 0 saturated heterocycles. The summed E-state index contributed by atoms with van der Waals surface area (Å²) >= 11 is 0. The Bertz CT molecular complexity index is 796. The molecule has 1 aromatic carbocycles. The van der Waals surface area contributed by atoms with E-state index in [0.29, 0.717) is 0 Å². The van der Waals surface area contributed by atoms with Gasteiger partial charge < -0.3 is 10.1 Å². The van der Waals surface area contributed by atoms with Gasteiger partial charge in [0.05, 0.1) is 19.0 Å². The molecule has 0 fully saturated rings. The summed E-state index contributed by atoms with van der Waals surface area (Å²) in [7, 11) is 1.25. The lowest BCUT2D eigenvalue weighted by Crippen LogP contribution is -2.52. The van der Waals surface area contributed by atoms with Gasteiger partial charge in [-0.2, -0.15) is 5.10 Å². The molecule has 2 N–H and O–H groups in total. The van der Waals surface area contributed by atoms with E-state index in [9.17, 15) is 9.59 Å². The Kier molecular flexibility index (Phi) is 6.65. The molecule has 2 aromatic rings. The standard InChI is InChI=1S/C20H24N4O3/c1-20(2,3)17(23-19(26)27-4)18(25)24-22-13-14-8-10-15(11-9-14)16-7-5-6-12-21-16/h5-13,17H,1-4H3,(H,23,26)(H,24,25)/t17-/m0/s1.